The first-order valence-corrected chi connectivity index (χ1v) is 11.9. The first-order valence-electron chi connectivity index (χ1n) is 10.4. The normalized spacial score (nSPS) is 14.4. The summed E-state index contributed by atoms with van der Waals surface area (Å²) in [6.07, 6.45) is 0.473. The molecule has 5 N–H and O–H groups in total. The average molecular weight is 469 g/mol. The molecule has 1 aromatic carbocycles. The molecule has 1 rings (SSSR count). The molecular formula is C22H36N4O5S. The van der Waals surface area contributed by atoms with Crippen LogP contribution in [-0.2, 0) is 14.8 Å². The lowest BCUT2D eigenvalue weighted by atomic mass is 10.1. The van der Waals surface area contributed by atoms with Crippen molar-refractivity contribution < 1.29 is 23.1 Å². The number of aliphatic hydroxyl groups excluding tert-OH is 1. The first kappa shape index (κ1) is 27.4. The number of sulfonamides is 1. The summed E-state index contributed by atoms with van der Waals surface area (Å²) in [5.41, 5.74) is 7.33. The van der Waals surface area contributed by atoms with E-state index in [9.17, 15) is 18.3 Å². The molecule has 32 heavy (non-hydrogen) atoms. The summed E-state index contributed by atoms with van der Waals surface area (Å²) in [6.45, 7) is 14.3. The number of aliphatic imine (C=N–C) groups is 1. The number of aryl methyl sites for hydroxylation is 3. The van der Waals surface area contributed by atoms with Crippen molar-refractivity contribution in [2.75, 3.05) is 6.54 Å². The smallest absolute Gasteiger partial charge is 0.407 e. The number of benzene rings is 1. The number of guanidine groups is 1. The van der Waals surface area contributed by atoms with Gasteiger partial charge in [0.05, 0.1) is 17.0 Å². The number of aliphatic hydroxyl groups is 1. The summed E-state index contributed by atoms with van der Waals surface area (Å²) in [6, 6.07) is 2.95. The Bertz CT molecular complexity index is 929. The Hall–Kier alpha value is -2.59. The number of nitrogens with two attached hydrogens (primary N) is 1. The van der Waals surface area contributed by atoms with Crippen molar-refractivity contribution in [3.8, 4) is 0 Å². The maximum atomic E-state index is 12.7. The van der Waals surface area contributed by atoms with Gasteiger partial charge in [-0.3, -0.25) is 4.99 Å². The third kappa shape index (κ3) is 8.88. The quantitative estimate of drug-likeness (QED) is 0.190. The molecule has 0 unspecified atom stereocenters. The van der Waals surface area contributed by atoms with E-state index in [4.69, 9.17) is 10.5 Å². The number of hydrogen-bond acceptors (Lipinski definition) is 6. The van der Waals surface area contributed by atoms with Crippen LogP contribution in [0.25, 0.3) is 0 Å². The zero-order valence-electron chi connectivity index (χ0n) is 19.7. The molecule has 0 radical (unpaired) electrons. The molecule has 0 saturated carbocycles. The van der Waals surface area contributed by atoms with Gasteiger partial charge in [0.1, 0.15) is 5.60 Å². The third-order valence-corrected chi connectivity index (χ3v) is 6.08. The second-order valence-electron chi connectivity index (χ2n) is 8.72. The summed E-state index contributed by atoms with van der Waals surface area (Å²) in [4.78, 5) is 16.2. The summed E-state index contributed by atoms with van der Waals surface area (Å²) < 4.78 is 33.0. The van der Waals surface area contributed by atoms with Crippen LogP contribution in [0.1, 0.15) is 50.3 Å². The van der Waals surface area contributed by atoms with Gasteiger partial charge in [-0.15, -0.1) is 6.58 Å². The minimum Gasteiger partial charge on any atom is -0.444 e. The van der Waals surface area contributed by atoms with E-state index in [-0.39, 0.29) is 17.4 Å². The highest BCUT2D eigenvalue weighted by atomic mass is 32.2. The molecule has 1 aromatic rings. The van der Waals surface area contributed by atoms with E-state index in [1.807, 2.05) is 6.92 Å². The fourth-order valence-corrected chi connectivity index (χ4v) is 4.68. The van der Waals surface area contributed by atoms with Gasteiger partial charge in [0.25, 0.3) is 10.0 Å². The van der Waals surface area contributed by atoms with Crippen LogP contribution in [0.2, 0.25) is 0 Å². The standard InChI is InChI=1S/C22H36N4O5S/c1-8-18(27)17(25-21(28)31-22(5,6)7)10-9-11-24-20(23)26-32(29,30)19-15(3)12-14(2)13-16(19)4/h8,12-13,17-18,27H,1,9-11H2,2-7H3,(H,25,28)(H3,23,24,26)/t17-,18-/m0/s1. The molecule has 0 spiro atoms. The van der Waals surface area contributed by atoms with Crippen LogP contribution in [0, 0.1) is 20.8 Å². The third-order valence-electron chi connectivity index (χ3n) is 4.42. The topological polar surface area (TPSA) is 143 Å². The zero-order chi connectivity index (χ0) is 24.7. The lowest BCUT2D eigenvalue weighted by molar-refractivity contribution is 0.0449. The van der Waals surface area contributed by atoms with Crippen LogP contribution < -0.4 is 15.8 Å². The van der Waals surface area contributed by atoms with Crippen molar-refractivity contribution in [1.29, 1.82) is 0 Å². The number of hydrogen-bond donors (Lipinski definition) is 4. The minimum absolute atomic E-state index is 0.178. The Morgan fingerprint density at radius 2 is 1.84 bits per heavy atom. The predicted octanol–water partition coefficient (Wildman–Crippen LogP) is 2.43. The van der Waals surface area contributed by atoms with Crippen LogP contribution in [0.5, 0.6) is 0 Å². The number of rotatable bonds is 9. The van der Waals surface area contributed by atoms with Crippen LogP contribution in [0.15, 0.2) is 34.7 Å². The number of amides is 1. The highest BCUT2D eigenvalue weighted by Gasteiger charge is 2.23. The highest BCUT2D eigenvalue weighted by molar-refractivity contribution is 7.90. The fraction of sp³-hybridized carbons (Fsp3) is 0.545. The maximum absolute atomic E-state index is 12.7. The zero-order valence-corrected chi connectivity index (χ0v) is 20.5. The van der Waals surface area contributed by atoms with Gasteiger partial charge in [-0.1, -0.05) is 23.8 Å². The van der Waals surface area contributed by atoms with Gasteiger partial charge in [-0.25, -0.2) is 17.9 Å². The van der Waals surface area contributed by atoms with Crippen molar-refractivity contribution in [1.82, 2.24) is 10.0 Å². The van der Waals surface area contributed by atoms with E-state index < -0.39 is 33.9 Å². The molecular weight excluding hydrogens is 432 g/mol. The minimum atomic E-state index is -3.87. The van der Waals surface area contributed by atoms with Gasteiger partial charge in [-0.2, -0.15) is 0 Å². The lowest BCUT2D eigenvalue weighted by Crippen LogP contribution is -2.45. The monoisotopic (exact) mass is 468 g/mol. The Morgan fingerprint density at radius 3 is 2.34 bits per heavy atom. The Kier molecular flexibility index (Phi) is 9.71. The average Bonchev–Trinajstić information content (AvgIpc) is 2.60. The predicted molar refractivity (Wildman–Crippen MR) is 126 cm³/mol. The van der Waals surface area contributed by atoms with Crippen LogP contribution in [0.3, 0.4) is 0 Å². The summed E-state index contributed by atoms with van der Waals surface area (Å²) in [5, 5.41) is 12.7. The van der Waals surface area contributed by atoms with Gasteiger partial charge >= 0.3 is 6.09 Å². The second kappa shape index (κ2) is 11.3. The van der Waals surface area contributed by atoms with Crippen molar-refractivity contribution in [2.24, 2.45) is 10.7 Å². The van der Waals surface area contributed by atoms with Gasteiger partial charge in [0.2, 0.25) is 5.96 Å². The van der Waals surface area contributed by atoms with Crippen molar-refractivity contribution in [2.45, 2.75) is 77.0 Å². The molecule has 0 aliphatic carbocycles. The van der Waals surface area contributed by atoms with E-state index in [0.717, 1.165) is 5.56 Å². The van der Waals surface area contributed by atoms with Crippen LogP contribution in [0.4, 0.5) is 4.79 Å². The molecule has 0 aromatic heterocycles. The Morgan fingerprint density at radius 1 is 1.28 bits per heavy atom. The van der Waals surface area contributed by atoms with Gasteiger partial charge in [0, 0.05) is 6.54 Å². The largest absolute Gasteiger partial charge is 0.444 e. The summed E-state index contributed by atoms with van der Waals surface area (Å²) >= 11 is 0. The molecule has 0 fully saturated rings. The number of carbonyl (C=O) groups is 1. The molecule has 0 bridgehead atoms. The number of ether oxygens (including phenoxy) is 1. The molecule has 0 saturated heterocycles. The molecule has 0 aliphatic heterocycles. The van der Waals surface area contributed by atoms with Gasteiger partial charge in [-0.05, 0) is 65.5 Å². The molecule has 0 aliphatic rings. The molecule has 2 atom stereocenters. The van der Waals surface area contributed by atoms with E-state index >= 15 is 0 Å². The van der Waals surface area contributed by atoms with E-state index in [0.29, 0.717) is 24.0 Å². The van der Waals surface area contributed by atoms with Crippen LogP contribution in [-0.4, -0.2) is 49.9 Å². The number of alkyl carbamates (subject to hydrolysis) is 1. The van der Waals surface area contributed by atoms with Crippen LogP contribution >= 0.6 is 0 Å². The van der Waals surface area contributed by atoms with Crippen molar-refractivity contribution in [3.63, 3.8) is 0 Å². The number of nitrogens with zero attached hydrogens (tertiary/aromatic N) is 1. The van der Waals surface area contributed by atoms with E-state index in [1.165, 1.54) is 6.08 Å². The van der Waals surface area contributed by atoms with E-state index in [2.05, 4.69) is 21.6 Å². The SMILES string of the molecule is C=C[C@H](O)[C@H](CCCN=C(N)NS(=O)(=O)c1c(C)cc(C)cc1C)NC(=O)OC(C)(C)C. The number of carbonyl (C=O) groups excluding carboxylic acids is 1. The summed E-state index contributed by atoms with van der Waals surface area (Å²) in [5.74, 6) is -0.231. The van der Waals surface area contributed by atoms with Gasteiger partial charge in [0.15, 0.2) is 0 Å². The lowest BCUT2D eigenvalue weighted by Gasteiger charge is -2.25. The molecule has 180 valence electrons. The van der Waals surface area contributed by atoms with Crippen molar-refractivity contribution >= 4 is 22.1 Å². The summed E-state index contributed by atoms with van der Waals surface area (Å²) in [7, 11) is -3.87. The molecule has 0 heterocycles. The highest BCUT2D eigenvalue weighted by Crippen LogP contribution is 2.21. The molecule has 1 amide bonds. The fourth-order valence-electron chi connectivity index (χ4n) is 3.27. The number of nitrogens with one attached hydrogen (secondary N) is 2. The maximum Gasteiger partial charge on any atom is 0.407 e. The Balaban J connectivity index is 2.74. The van der Waals surface area contributed by atoms with E-state index in [1.54, 1.807) is 46.8 Å². The first-order chi connectivity index (χ1) is 14.7. The molecule has 10 heteroatoms. The molecule has 9 nitrogen and oxygen atoms in total. The van der Waals surface area contributed by atoms with Crippen molar-refractivity contribution in [3.05, 3.63) is 41.5 Å². The van der Waals surface area contributed by atoms with Gasteiger partial charge < -0.3 is 20.9 Å². The second-order valence-corrected chi connectivity index (χ2v) is 10.3. The Labute approximate surface area is 191 Å².